The first-order valence-electron chi connectivity index (χ1n) is 6.66. The highest BCUT2D eigenvalue weighted by molar-refractivity contribution is 5.66. The van der Waals surface area contributed by atoms with E-state index < -0.39 is 17.8 Å². The molecule has 0 amide bonds. The first-order chi connectivity index (χ1) is 10.6. The van der Waals surface area contributed by atoms with Crippen molar-refractivity contribution in [3.05, 3.63) is 58.9 Å². The second-order valence-electron chi connectivity index (χ2n) is 4.96. The summed E-state index contributed by atoms with van der Waals surface area (Å²) in [5, 5.41) is 13.7. The van der Waals surface area contributed by atoms with Crippen LogP contribution in [0.15, 0.2) is 30.6 Å². The van der Waals surface area contributed by atoms with Crippen LogP contribution < -0.4 is 0 Å². The predicted molar refractivity (Wildman–Crippen MR) is 75.1 cm³/mol. The molecule has 3 rings (SSSR count). The summed E-state index contributed by atoms with van der Waals surface area (Å²) in [5.41, 5.74) is 3.07. The lowest BCUT2D eigenvalue weighted by atomic mass is 10.0. The molecule has 7 heteroatoms. The molecule has 0 saturated heterocycles. The largest absolute Gasteiger partial charge is 0.285 e. The molecule has 0 aliphatic heterocycles. The average Bonchev–Trinajstić information content (AvgIpc) is 3.10. The van der Waals surface area contributed by atoms with Crippen LogP contribution >= 0.6 is 0 Å². The Morgan fingerprint density at radius 2 is 1.91 bits per heavy atom. The van der Waals surface area contributed by atoms with E-state index in [9.17, 15) is 13.2 Å². The molecule has 0 aliphatic rings. The number of benzene rings is 1. The number of nitrogens with zero attached hydrogens (tertiary/aromatic N) is 2. The Morgan fingerprint density at radius 3 is 2.59 bits per heavy atom. The molecule has 2 N–H and O–H groups in total. The molecule has 114 valence electrons. The van der Waals surface area contributed by atoms with E-state index in [-0.39, 0.29) is 0 Å². The number of nitrogens with one attached hydrogen (secondary N) is 2. The molecule has 2 heterocycles. The zero-order chi connectivity index (χ0) is 15.7. The quantitative estimate of drug-likeness (QED) is 0.771. The van der Waals surface area contributed by atoms with E-state index >= 15 is 0 Å². The molecular formula is C15H13F3N4. The standard InChI is InChI=1S/C15H13F3N4/c1-8-10(6-19-21-8)5-14-12(7-20-22-14)9-2-3-13(16)11(4-9)15(17)18/h2-4,6-7,15H,5H2,1H3,(H,19,21)(H,20,22). The molecule has 0 atom stereocenters. The van der Waals surface area contributed by atoms with E-state index in [4.69, 9.17) is 0 Å². The highest BCUT2D eigenvalue weighted by Gasteiger charge is 2.17. The number of halogens is 3. The average molecular weight is 306 g/mol. The Balaban J connectivity index is 1.98. The molecule has 0 spiro atoms. The maximum atomic E-state index is 13.4. The minimum absolute atomic E-state index is 0.501. The highest BCUT2D eigenvalue weighted by atomic mass is 19.3. The maximum Gasteiger partial charge on any atom is 0.266 e. The fraction of sp³-hybridized carbons (Fsp3) is 0.200. The van der Waals surface area contributed by atoms with Crippen molar-refractivity contribution in [1.82, 2.24) is 20.4 Å². The third-order valence-corrected chi connectivity index (χ3v) is 3.56. The molecule has 0 bridgehead atoms. The van der Waals surface area contributed by atoms with Crippen LogP contribution in [0.4, 0.5) is 13.2 Å². The molecular weight excluding hydrogens is 293 g/mol. The van der Waals surface area contributed by atoms with E-state index in [0.717, 1.165) is 23.4 Å². The summed E-state index contributed by atoms with van der Waals surface area (Å²) in [4.78, 5) is 0. The fourth-order valence-corrected chi connectivity index (χ4v) is 2.32. The molecule has 0 aliphatic carbocycles. The molecule has 4 nitrogen and oxygen atoms in total. The number of aromatic nitrogens is 4. The molecule has 2 aromatic heterocycles. The van der Waals surface area contributed by atoms with Crippen LogP contribution in [0, 0.1) is 12.7 Å². The molecule has 0 unspecified atom stereocenters. The summed E-state index contributed by atoms with van der Waals surface area (Å²) in [7, 11) is 0. The van der Waals surface area contributed by atoms with Crippen molar-refractivity contribution >= 4 is 0 Å². The number of hydrogen-bond acceptors (Lipinski definition) is 2. The minimum atomic E-state index is -2.86. The van der Waals surface area contributed by atoms with E-state index in [0.29, 0.717) is 23.2 Å². The van der Waals surface area contributed by atoms with Gasteiger partial charge < -0.3 is 0 Å². The van der Waals surface area contributed by atoms with Crippen LogP contribution in [-0.4, -0.2) is 20.4 Å². The second kappa shape index (κ2) is 5.67. The van der Waals surface area contributed by atoms with Gasteiger partial charge in [-0.1, -0.05) is 6.07 Å². The van der Waals surface area contributed by atoms with Crippen molar-refractivity contribution in [1.29, 1.82) is 0 Å². The number of rotatable bonds is 4. The smallest absolute Gasteiger partial charge is 0.266 e. The maximum absolute atomic E-state index is 13.4. The molecule has 3 aromatic rings. The van der Waals surface area contributed by atoms with Gasteiger partial charge in [0.1, 0.15) is 5.82 Å². The first-order valence-corrected chi connectivity index (χ1v) is 6.66. The summed E-state index contributed by atoms with van der Waals surface area (Å²) in [5.74, 6) is -0.908. The van der Waals surface area contributed by atoms with Gasteiger partial charge in [0.05, 0.1) is 17.0 Å². The van der Waals surface area contributed by atoms with Crippen LogP contribution in [0.1, 0.15) is 28.9 Å². The monoisotopic (exact) mass is 306 g/mol. The topological polar surface area (TPSA) is 57.4 Å². The summed E-state index contributed by atoms with van der Waals surface area (Å²) in [6.45, 7) is 1.87. The van der Waals surface area contributed by atoms with Gasteiger partial charge in [-0.25, -0.2) is 13.2 Å². The van der Waals surface area contributed by atoms with Gasteiger partial charge in [0.15, 0.2) is 0 Å². The molecule has 0 radical (unpaired) electrons. The SMILES string of the molecule is Cc1n[nH]cc1Cc1n[nH]cc1-c1ccc(F)c(C(F)F)c1. The van der Waals surface area contributed by atoms with Crippen molar-refractivity contribution in [2.75, 3.05) is 0 Å². The van der Waals surface area contributed by atoms with Crippen molar-refractivity contribution in [2.45, 2.75) is 19.8 Å². The molecule has 1 aromatic carbocycles. The van der Waals surface area contributed by atoms with Crippen molar-refractivity contribution in [3.63, 3.8) is 0 Å². The number of H-pyrrole nitrogens is 2. The van der Waals surface area contributed by atoms with Gasteiger partial charge >= 0.3 is 0 Å². The lowest BCUT2D eigenvalue weighted by molar-refractivity contribution is 0.146. The van der Waals surface area contributed by atoms with Gasteiger partial charge in [-0.05, 0) is 30.2 Å². The molecule has 0 saturated carbocycles. The van der Waals surface area contributed by atoms with Gasteiger partial charge in [-0.15, -0.1) is 0 Å². The van der Waals surface area contributed by atoms with Crippen LogP contribution in [-0.2, 0) is 6.42 Å². The van der Waals surface area contributed by atoms with Crippen molar-refractivity contribution in [3.8, 4) is 11.1 Å². The zero-order valence-corrected chi connectivity index (χ0v) is 11.7. The first kappa shape index (κ1) is 14.4. The van der Waals surface area contributed by atoms with E-state index in [1.807, 2.05) is 6.92 Å². The second-order valence-corrected chi connectivity index (χ2v) is 4.96. The van der Waals surface area contributed by atoms with Crippen LogP contribution in [0.5, 0.6) is 0 Å². The minimum Gasteiger partial charge on any atom is -0.285 e. The van der Waals surface area contributed by atoms with Gasteiger partial charge in [-0.3, -0.25) is 10.2 Å². The third kappa shape index (κ3) is 2.61. The Labute approximate surface area is 124 Å². The van der Waals surface area contributed by atoms with E-state index in [2.05, 4.69) is 20.4 Å². The lowest BCUT2D eigenvalue weighted by Gasteiger charge is -2.06. The van der Waals surface area contributed by atoms with Gasteiger partial charge in [0.25, 0.3) is 6.43 Å². The van der Waals surface area contributed by atoms with Crippen LogP contribution in [0.2, 0.25) is 0 Å². The zero-order valence-electron chi connectivity index (χ0n) is 11.7. The highest BCUT2D eigenvalue weighted by Crippen LogP contribution is 2.30. The summed E-state index contributed by atoms with van der Waals surface area (Å²) < 4.78 is 39.1. The number of aromatic amines is 2. The Kier molecular flexibility index (Phi) is 3.70. The van der Waals surface area contributed by atoms with Crippen LogP contribution in [0.3, 0.4) is 0 Å². The Bertz CT molecular complexity index is 792. The molecule has 22 heavy (non-hydrogen) atoms. The fourth-order valence-electron chi connectivity index (χ4n) is 2.32. The molecule has 0 fully saturated rings. The van der Waals surface area contributed by atoms with E-state index in [1.165, 1.54) is 6.07 Å². The van der Waals surface area contributed by atoms with Gasteiger partial charge in [0.2, 0.25) is 0 Å². The van der Waals surface area contributed by atoms with Crippen molar-refractivity contribution in [2.24, 2.45) is 0 Å². The lowest BCUT2D eigenvalue weighted by Crippen LogP contribution is -1.95. The summed E-state index contributed by atoms with van der Waals surface area (Å²) >= 11 is 0. The normalized spacial score (nSPS) is 11.3. The number of aryl methyl sites for hydroxylation is 1. The Hall–Kier alpha value is -2.57. The predicted octanol–water partition coefficient (Wildman–Crippen LogP) is 3.78. The van der Waals surface area contributed by atoms with Gasteiger partial charge in [-0.2, -0.15) is 10.2 Å². The van der Waals surface area contributed by atoms with Crippen molar-refractivity contribution < 1.29 is 13.2 Å². The number of alkyl halides is 2. The summed E-state index contributed by atoms with van der Waals surface area (Å²) in [6.07, 6.45) is 1.03. The number of hydrogen-bond donors (Lipinski definition) is 2. The van der Waals surface area contributed by atoms with Crippen LogP contribution in [0.25, 0.3) is 11.1 Å². The van der Waals surface area contributed by atoms with Gasteiger partial charge in [0, 0.05) is 24.4 Å². The van der Waals surface area contributed by atoms with E-state index in [1.54, 1.807) is 12.4 Å². The summed E-state index contributed by atoms with van der Waals surface area (Å²) in [6, 6.07) is 3.69. The third-order valence-electron chi connectivity index (χ3n) is 3.56. The Morgan fingerprint density at radius 1 is 1.14 bits per heavy atom.